The fourth-order valence-corrected chi connectivity index (χ4v) is 2.73. The summed E-state index contributed by atoms with van der Waals surface area (Å²) < 4.78 is 0. The molecule has 1 aromatic rings. The van der Waals surface area contributed by atoms with Crippen LogP contribution in [0.15, 0.2) is 18.2 Å². The third-order valence-electron chi connectivity index (χ3n) is 3.66. The Morgan fingerprint density at radius 2 is 1.87 bits per heavy atom. The van der Waals surface area contributed by atoms with Crippen LogP contribution >= 0.6 is 0 Å². The number of benzene rings is 1. The van der Waals surface area contributed by atoms with Crippen molar-refractivity contribution in [2.24, 2.45) is 0 Å². The highest BCUT2D eigenvalue weighted by Gasteiger charge is 2.18. The molecule has 0 bridgehead atoms. The van der Waals surface area contributed by atoms with Gasteiger partial charge in [-0.2, -0.15) is 0 Å². The van der Waals surface area contributed by atoms with E-state index in [1.54, 1.807) is 0 Å². The van der Waals surface area contributed by atoms with Crippen molar-refractivity contribution in [3.05, 3.63) is 23.8 Å². The fourth-order valence-electron chi connectivity index (χ4n) is 2.73. The van der Waals surface area contributed by atoms with Gasteiger partial charge in [-0.15, -0.1) is 0 Å². The molecule has 1 saturated heterocycles. The molecule has 15 heavy (non-hydrogen) atoms. The second-order valence-electron chi connectivity index (χ2n) is 4.68. The highest BCUT2D eigenvalue weighted by molar-refractivity contribution is 5.64. The van der Waals surface area contributed by atoms with Gasteiger partial charge in [0.2, 0.25) is 0 Å². The van der Waals surface area contributed by atoms with Crippen LogP contribution in [0.4, 0.5) is 11.4 Å². The molecule has 0 aliphatic carbocycles. The Morgan fingerprint density at radius 1 is 1.07 bits per heavy atom. The van der Waals surface area contributed by atoms with E-state index in [9.17, 15) is 0 Å². The Bertz CT molecular complexity index is 367. The molecule has 80 valence electrons. The lowest BCUT2D eigenvalue weighted by molar-refractivity contribution is 0.949. The third-order valence-corrected chi connectivity index (χ3v) is 3.66. The van der Waals surface area contributed by atoms with Crippen LogP contribution in [0.3, 0.4) is 0 Å². The van der Waals surface area contributed by atoms with Crippen molar-refractivity contribution >= 4 is 11.4 Å². The lowest BCUT2D eigenvalue weighted by Gasteiger charge is -2.19. The van der Waals surface area contributed by atoms with E-state index >= 15 is 0 Å². The van der Waals surface area contributed by atoms with Crippen LogP contribution in [-0.4, -0.2) is 26.7 Å². The van der Waals surface area contributed by atoms with Gasteiger partial charge in [0.1, 0.15) is 0 Å². The van der Waals surface area contributed by atoms with Crippen molar-refractivity contribution < 1.29 is 0 Å². The molecule has 0 atom stereocenters. The SMILES string of the molecule is CN1CCc2cc(N3CCCC3)ccc21. The van der Waals surface area contributed by atoms with E-state index in [1.807, 2.05) is 0 Å². The average Bonchev–Trinajstić information content (AvgIpc) is 2.88. The van der Waals surface area contributed by atoms with E-state index in [2.05, 4.69) is 35.0 Å². The van der Waals surface area contributed by atoms with Gasteiger partial charge >= 0.3 is 0 Å². The molecule has 2 aliphatic rings. The molecule has 0 unspecified atom stereocenters. The summed E-state index contributed by atoms with van der Waals surface area (Å²) in [6.45, 7) is 3.67. The van der Waals surface area contributed by atoms with E-state index in [-0.39, 0.29) is 0 Å². The number of anilines is 2. The summed E-state index contributed by atoms with van der Waals surface area (Å²) >= 11 is 0. The second kappa shape index (κ2) is 3.44. The molecule has 2 nitrogen and oxygen atoms in total. The van der Waals surface area contributed by atoms with Crippen molar-refractivity contribution in [3.63, 3.8) is 0 Å². The van der Waals surface area contributed by atoms with Crippen molar-refractivity contribution in [2.75, 3.05) is 36.5 Å². The van der Waals surface area contributed by atoms with Crippen molar-refractivity contribution in [2.45, 2.75) is 19.3 Å². The van der Waals surface area contributed by atoms with Crippen LogP contribution in [0, 0.1) is 0 Å². The quantitative estimate of drug-likeness (QED) is 0.689. The van der Waals surface area contributed by atoms with Gasteiger partial charge in [-0.1, -0.05) is 0 Å². The molecule has 1 aromatic carbocycles. The van der Waals surface area contributed by atoms with E-state index in [4.69, 9.17) is 0 Å². The first-order valence-electron chi connectivity index (χ1n) is 5.93. The zero-order valence-electron chi connectivity index (χ0n) is 9.37. The third kappa shape index (κ3) is 1.48. The van der Waals surface area contributed by atoms with Crippen LogP contribution < -0.4 is 9.80 Å². The lowest BCUT2D eigenvalue weighted by Crippen LogP contribution is -2.17. The predicted octanol–water partition coefficient (Wildman–Crippen LogP) is 2.28. The summed E-state index contributed by atoms with van der Waals surface area (Å²) in [5, 5.41) is 0. The highest BCUT2D eigenvalue weighted by atomic mass is 15.1. The minimum atomic E-state index is 1.18. The maximum atomic E-state index is 2.51. The molecular formula is C13H18N2. The maximum absolute atomic E-state index is 2.51. The van der Waals surface area contributed by atoms with Crippen LogP contribution in [0.2, 0.25) is 0 Å². The summed E-state index contributed by atoms with van der Waals surface area (Å²) in [7, 11) is 2.18. The summed E-state index contributed by atoms with van der Waals surface area (Å²) in [4.78, 5) is 4.86. The van der Waals surface area contributed by atoms with Crippen molar-refractivity contribution in [1.82, 2.24) is 0 Å². The summed E-state index contributed by atoms with van der Waals surface area (Å²) in [6.07, 6.45) is 3.93. The first-order valence-corrected chi connectivity index (χ1v) is 5.93. The lowest BCUT2D eigenvalue weighted by atomic mass is 10.1. The monoisotopic (exact) mass is 202 g/mol. The van der Waals surface area contributed by atoms with E-state index in [0.717, 1.165) is 0 Å². The van der Waals surface area contributed by atoms with Gasteiger partial charge in [0.25, 0.3) is 0 Å². The summed E-state index contributed by atoms with van der Waals surface area (Å²) in [5.74, 6) is 0. The Kier molecular flexibility index (Phi) is 2.08. The van der Waals surface area contributed by atoms with Crippen LogP contribution in [0.25, 0.3) is 0 Å². The minimum absolute atomic E-state index is 1.18. The molecule has 2 aliphatic heterocycles. The summed E-state index contributed by atoms with van der Waals surface area (Å²) in [6, 6.07) is 6.96. The van der Waals surface area contributed by atoms with Crippen molar-refractivity contribution in [1.29, 1.82) is 0 Å². The molecule has 0 radical (unpaired) electrons. The summed E-state index contributed by atoms with van der Waals surface area (Å²) in [5.41, 5.74) is 4.39. The highest BCUT2D eigenvalue weighted by Crippen LogP contribution is 2.31. The molecular weight excluding hydrogens is 184 g/mol. The second-order valence-corrected chi connectivity index (χ2v) is 4.68. The van der Waals surface area contributed by atoms with E-state index < -0.39 is 0 Å². The first-order chi connectivity index (χ1) is 7.34. The van der Waals surface area contributed by atoms with Crippen LogP contribution in [0.5, 0.6) is 0 Å². The van der Waals surface area contributed by atoms with Gasteiger partial charge in [-0.25, -0.2) is 0 Å². The van der Waals surface area contributed by atoms with Crippen LogP contribution in [0.1, 0.15) is 18.4 Å². The van der Waals surface area contributed by atoms with Gasteiger partial charge in [-0.3, -0.25) is 0 Å². The standard InChI is InChI=1S/C13H18N2/c1-14-9-6-11-10-12(4-5-13(11)14)15-7-2-3-8-15/h4-5,10H,2-3,6-9H2,1H3. The Labute approximate surface area is 91.5 Å². The first kappa shape index (κ1) is 9.08. The zero-order valence-corrected chi connectivity index (χ0v) is 9.37. The molecule has 2 heterocycles. The number of rotatable bonds is 1. The normalized spacial score (nSPS) is 19.8. The fraction of sp³-hybridized carbons (Fsp3) is 0.538. The molecule has 3 rings (SSSR count). The number of fused-ring (bicyclic) bond motifs is 1. The average molecular weight is 202 g/mol. The number of likely N-dealkylation sites (N-methyl/N-ethyl adjacent to an activating group) is 1. The predicted molar refractivity (Wildman–Crippen MR) is 64.9 cm³/mol. The Balaban J connectivity index is 1.92. The van der Waals surface area contributed by atoms with Gasteiger partial charge in [-0.05, 0) is 43.0 Å². The molecule has 0 saturated carbocycles. The maximum Gasteiger partial charge on any atom is 0.0398 e. The smallest absolute Gasteiger partial charge is 0.0398 e. The van der Waals surface area contributed by atoms with Gasteiger partial charge in [0.15, 0.2) is 0 Å². The number of hydrogen-bond acceptors (Lipinski definition) is 2. The largest absolute Gasteiger partial charge is 0.374 e. The Morgan fingerprint density at radius 3 is 2.67 bits per heavy atom. The molecule has 0 amide bonds. The van der Waals surface area contributed by atoms with Gasteiger partial charge in [0.05, 0.1) is 0 Å². The molecule has 0 aromatic heterocycles. The zero-order chi connectivity index (χ0) is 10.3. The Hall–Kier alpha value is -1.18. The number of nitrogens with zero attached hydrogens (tertiary/aromatic N) is 2. The van der Waals surface area contributed by atoms with Gasteiger partial charge in [0, 0.05) is 38.1 Å². The van der Waals surface area contributed by atoms with Crippen molar-refractivity contribution in [3.8, 4) is 0 Å². The molecule has 1 fully saturated rings. The topological polar surface area (TPSA) is 6.48 Å². The molecule has 0 spiro atoms. The van der Waals surface area contributed by atoms with E-state index in [0.29, 0.717) is 0 Å². The molecule has 2 heteroatoms. The molecule has 0 N–H and O–H groups in total. The number of hydrogen-bond donors (Lipinski definition) is 0. The van der Waals surface area contributed by atoms with Gasteiger partial charge < -0.3 is 9.80 Å². The minimum Gasteiger partial charge on any atom is -0.374 e. The van der Waals surface area contributed by atoms with Crippen LogP contribution in [-0.2, 0) is 6.42 Å². The van der Waals surface area contributed by atoms with E-state index in [1.165, 1.54) is 55.8 Å².